The average Bonchev–Trinajstić information content (AvgIpc) is 2.58. The van der Waals surface area contributed by atoms with Crippen LogP contribution < -0.4 is 16.0 Å². The van der Waals surface area contributed by atoms with Gasteiger partial charge in [0.1, 0.15) is 0 Å². The van der Waals surface area contributed by atoms with E-state index >= 15 is 0 Å². The molecule has 5 nitrogen and oxygen atoms in total. The van der Waals surface area contributed by atoms with E-state index in [1.165, 1.54) is 5.56 Å². The molecule has 3 N–H and O–H groups in total. The van der Waals surface area contributed by atoms with E-state index in [4.69, 9.17) is 0 Å². The van der Waals surface area contributed by atoms with Gasteiger partial charge in [-0.15, -0.1) is 0 Å². The quantitative estimate of drug-likeness (QED) is 0.763. The largest absolute Gasteiger partial charge is 0.350 e. The molecule has 0 radical (unpaired) electrons. The lowest BCUT2D eigenvalue weighted by Gasteiger charge is -2.10. The maximum atomic E-state index is 11.8. The predicted octanol–water partition coefficient (Wildman–Crippen LogP) is 2.42. The van der Waals surface area contributed by atoms with Gasteiger partial charge in [-0.1, -0.05) is 54.1 Å². The monoisotopic (exact) mass is 325 g/mol. The van der Waals surface area contributed by atoms with E-state index in [1.807, 2.05) is 62.4 Å². The van der Waals surface area contributed by atoms with Gasteiger partial charge in [0.05, 0.1) is 6.54 Å². The van der Waals surface area contributed by atoms with Crippen LogP contribution in [-0.4, -0.2) is 18.5 Å². The second kappa shape index (κ2) is 8.72. The van der Waals surface area contributed by atoms with Crippen molar-refractivity contribution in [2.75, 3.05) is 6.54 Å². The standard InChI is InChI=1S/C19H23N3O2/c1-14-7-9-16(10-8-14)11-21-19(24)22-13-18(23)20-12-17-6-4-3-5-15(17)2/h3-10H,11-13H2,1-2H3,(H,20,23)(H2,21,22,24). The van der Waals surface area contributed by atoms with Gasteiger partial charge in [-0.3, -0.25) is 4.79 Å². The first-order valence-corrected chi connectivity index (χ1v) is 7.93. The fraction of sp³-hybridized carbons (Fsp3) is 0.263. The molecule has 3 amide bonds. The van der Waals surface area contributed by atoms with Crippen molar-refractivity contribution >= 4 is 11.9 Å². The Labute approximate surface area is 142 Å². The molecule has 0 aromatic heterocycles. The molecule has 0 saturated carbocycles. The molecule has 126 valence electrons. The maximum absolute atomic E-state index is 11.8. The van der Waals surface area contributed by atoms with Crippen molar-refractivity contribution in [3.05, 3.63) is 70.8 Å². The summed E-state index contributed by atoms with van der Waals surface area (Å²) in [6.45, 7) is 4.85. The lowest BCUT2D eigenvalue weighted by atomic mass is 10.1. The Morgan fingerprint density at radius 2 is 1.54 bits per heavy atom. The van der Waals surface area contributed by atoms with E-state index in [9.17, 15) is 9.59 Å². The molecule has 2 rings (SSSR count). The number of carbonyl (C=O) groups excluding carboxylic acids is 2. The molecule has 0 unspecified atom stereocenters. The predicted molar refractivity (Wildman–Crippen MR) is 94.4 cm³/mol. The summed E-state index contributed by atoms with van der Waals surface area (Å²) in [7, 11) is 0. The Balaban J connectivity index is 1.66. The van der Waals surface area contributed by atoms with Crippen LogP contribution in [-0.2, 0) is 17.9 Å². The van der Waals surface area contributed by atoms with Crippen LogP contribution in [0.5, 0.6) is 0 Å². The highest BCUT2D eigenvalue weighted by molar-refractivity contribution is 5.83. The van der Waals surface area contributed by atoms with Crippen molar-refractivity contribution in [2.45, 2.75) is 26.9 Å². The summed E-state index contributed by atoms with van der Waals surface area (Å²) in [5.74, 6) is -0.219. The van der Waals surface area contributed by atoms with E-state index in [0.717, 1.165) is 16.7 Å². The van der Waals surface area contributed by atoms with Crippen molar-refractivity contribution in [3.63, 3.8) is 0 Å². The molecule has 0 bridgehead atoms. The zero-order chi connectivity index (χ0) is 17.4. The van der Waals surface area contributed by atoms with Crippen LogP contribution in [0.2, 0.25) is 0 Å². The van der Waals surface area contributed by atoms with Gasteiger partial charge in [0, 0.05) is 13.1 Å². The number of nitrogens with one attached hydrogen (secondary N) is 3. The molecule has 24 heavy (non-hydrogen) atoms. The van der Waals surface area contributed by atoms with Crippen molar-refractivity contribution in [2.24, 2.45) is 0 Å². The number of amides is 3. The van der Waals surface area contributed by atoms with Gasteiger partial charge in [-0.05, 0) is 30.5 Å². The highest BCUT2D eigenvalue weighted by Crippen LogP contribution is 2.05. The topological polar surface area (TPSA) is 70.2 Å². The number of hydrogen-bond acceptors (Lipinski definition) is 2. The summed E-state index contributed by atoms with van der Waals surface area (Å²) in [6, 6.07) is 15.4. The van der Waals surface area contributed by atoms with E-state index in [2.05, 4.69) is 16.0 Å². The van der Waals surface area contributed by atoms with Crippen LogP contribution in [0.4, 0.5) is 4.79 Å². The fourth-order valence-electron chi connectivity index (χ4n) is 2.18. The molecule has 0 atom stereocenters. The number of carbonyl (C=O) groups is 2. The Morgan fingerprint density at radius 1 is 0.833 bits per heavy atom. The lowest BCUT2D eigenvalue weighted by Crippen LogP contribution is -2.41. The van der Waals surface area contributed by atoms with Crippen LogP contribution in [0.1, 0.15) is 22.3 Å². The minimum Gasteiger partial charge on any atom is -0.350 e. The molecular weight excluding hydrogens is 302 g/mol. The first kappa shape index (κ1) is 17.5. The maximum Gasteiger partial charge on any atom is 0.315 e. The van der Waals surface area contributed by atoms with Crippen LogP contribution in [0, 0.1) is 13.8 Å². The van der Waals surface area contributed by atoms with Gasteiger partial charge < -0.3 is 16.0 Å². The molecule has 0 saturated heterocycles. The molecule has 0 aliphatic heterocycles. The Bertz CT molecular complexity index is 696. The van der Waals surface area contributed by atoms with Crippen LogP contribution in [0.25, 0.3) is 0 Å². The third-order valence-electron chi connectivity index (χ3n) is 3.72. The molecule has 0 spiro atoms. The van der Waals surface area contributed by atoms with Crippen LogP contribution in [0.3, 0.4) is 0 Å². The Morgan fingerprint density at radius 3 is 2.25 bits per heavy atom. The van der Waals surface area contributed by atoms with E-state index in [-0.39, 0.29) is 18.5 Å². The minimum atomic E-state index is -0.360. The summed E-state index contributed by atoms with van der Waals surface area (Å²) in [5.41, 5.74) is 4.38. The molecule has 0 fully saturated rings. The summed E-state index contributed by atoms with van der Waals surface area (Å²) < 4.78 is 0. The van der Waals surface area contributed by atoms with E-state index in [0.29, 0.717) is 13.1 Å². The average molecular weight is 325 g/mol. The van der Waals surface area contributed by atoms with Crippen molar-refractivity contribution < 1.29 is 9.59 Å². The Hall–Kier alpha value is -2.82. The zero-order valence-electron chi connectivity index (χ0n) is 14.1. The number of aryl methyl sites for hydroxylation is 2. The number of hydrogen-bond donors (Lipinski definition) is 3. The number of rotatable bonds is 6. The molecule has 5 heteroatoms. The molecule has 0 aliphatic carbocycles. The summed E-state index contributed by atoms with van der Waals surface area (Å²) in [6.07, 6.45) is 0. The molecular formula is C19H23N3O2. The summed E-state index contributed by atoms with van der Waals surface area (Å²) >= 11 is 0. The highest BCUT2D eigenvalue weighted by atomic mass is 16.2. The molecule has 2 aromatic rings. The van der Waals surface area contributed by atoms with Gasteiger partial charge in [-0.25, -0.2) is 4.79 Å². The third kappa shape index (κ3) is 5.76. The fourth-order valence-corrected chi connectivity index (χ4v) is 2.18. The van der Waals surface area contributed by atoms with Gasteiger partial charge >= 0.3 is 6.03 Å². The smallest absolute Gasteiger partial charge is 0.315 e. The van der Waals surface area contributed by atoms with E-state index < -0.39 is 0 Å². The highest BCUT2D eigenvalue weighted by Gasteiger charge is 2.05. The number of benzene rings is 2. The first-order valence-electron chi connectivity index (χ1n) is 7.93. The molecule has 2 aromatic carbocycles. The van der Waals surface area contributed by atoms with Gasteiger partial charge in [0.15, 0.2) is 0 Å². The zero-order valence-corrected chi connectivity index (χ0v) is 14.1. The first-order chi connectivity index (χ1) is 11.5. The molecule has 0 heterocycles. The second-order valence-electron chi connectivity index (χ2n) is 5.73. The van der Waals surface area contributed by atoms with E-state index in [1.54, 1.807) is 0 Å². The number of urea groups is 1. The lowest BCUT2D eigenvalue weighted by molar-refractivity contribution is -0.120. The second-order valence-corrected chi connectivity index (χ2v) is 5.73. The summed E-state index contributed by atoms with van der Waals surface area (Å²) in [5, 5.41) is 8.07. The van der Waals surface area contributed by atoms with Gasteiger partial charge in [0.2, 0.25) is 5.91 Å². The molecule has 0 aliphatic rings. The third-order valence-corrected chi connectivity index (χ3v) is 3.72. The normalized spacial score (nSPS) is 10.1. The van der Waals surface area contributed by atoms with Gasteiger partial charge in [-0.2, -0.15) is 0 Å². The minimum absolute atomic E-state index is 0.0500. The van der Waals surface area contributed by atoms with Crippen molar-refractivity contribution in [1.82, 2.24) is 16.0 Å². The Kier molecular flexibility index (Phi) is 6.37. The van der Waals surface area contributed by atoms with Gasteiger partial charge in [0.25, 0.3) is 0 Å². The SMILES string of the molecule is Cc1ccc(CNC(=O)NCC(=O)NCc2ccccc2C)cc1. The van der Waals surface area contributed by atoms with Crippen LogP contribution in [0.15, 0.2) is 48.5 Å². The van der Waals surface area contributed by atoms with Crippen molar-refractivity contribution in [3.8, 4) is 0 Å². The summed E-state index contributed by atoms with van der Waals surface area (Å²) in [4.78, 5) is 23.5. The van der Waals surface area contributed by atoms with Crippen LogP contribution >= 0.6 is 0 Å². The van der Waals surface area contributed by atoms with Crippen molar-refractivity contribution in [1.29, 1.82) is 0 Å².